The molecule has 28 heavy (non-hydrogen) atoms. The highest BCUT2D eigenvalue weighted by Crippen LogP contribution is 2.32. The van der Waals surface area contributed by atoms with E-state index in [0.29, 0.717) is 17.8 Å². The molecule has 3 aromatic carbocycles. The molecule has 2 N–H and O–H groups in total. The number of anilines is 1. The Bertz CT molecular complexity index is 1040. The van der Waals surface area contributed by atoms with Crippen LogP contribution < -0.4 is 15.4 Å². The van der Waals surface area contributed by atoms with Gasteiger partial charge in [0.2, 0.25) is 5.91 Å². The van der Waals surface area contributed by atoms with Gasteiger partial charge in [-0.05, 0) is 41.8 Å². The molecule has 0 aliphatic heterocycles. The van der Waals surface area contributed by atoms with Gasteiger partial charge in [0.05, 0.1) is 18.4 Å². The highest BCUT2D eigenvalue weighted by atomic mass is 16.5. The summed E-state index contributed by atoms with van der Waals surface area (Å²) < 4.78 is 5.34. The predicted octanol–water partition coefficient (Wildman–Crippen LogP) is 4.13. The van der Waals surface area contributed by atoms with E-state index in [1.807, 2.05) is 60.7 Å². The molecule has 0 saturated heterocycles. The van der Waals surface area contributed by atoms with E-state index in [0.717, 1.165) is 34.9 Å². The molecule has 1 fully saturated rings. The van der Waals surface area contributed by atoms with Gasteiger partial charge in [0.25, 0.3) is 5.91 Å². The average Bonchev–Trinajstić information content (AvgIpc) is 3.57. The summed E-state index contributed by atoms with van der Waals surface area (Å²) in [4.78, 5) is 25.2. The van der Waals surface area contributed by atoms with Crippen LogP contribution in [0.2, 0.25) is 0 Å². The Morgan fingerprint density at radius 3 is 2.39 bits per heavy atom. The summed E-state index contributed by atoms with van der Waals surface area (Å²) in [6.45, 7) is 0.339. The fraction of sp³-hybridized carbons (Fsp3) is 0.217. The van der Waals surface area contributed by atoms with Crippen LogP contribution in [0.25, 0.3) is 10.8 Å². The zero-order valence-corrected chi connectivity index (χ0v) is 15.7. The number of amides is 2. The van der Waals surface area contributed by atoms with Gasteiger partial charge in [-0.1, -0.05) is 42.5 Å². The first-order chi connectivity index (χ1) is 13.7. The predicted molar refractivity (Wildman–Crippen MR) is 109 cm³/mol. The highest BCUT2D eigenvalue weighted by Gasteiger charge is 2.30. The van der Waals surface area contributed by atoms with E-state index in [1.165, 1.54) is 0 Å². The van der Waals surface area contributed by atoms with E-state index < -0.39 is 0 Å². The Balaban J connectivity index is 1.61. The van der Waals surface area contributed by atoms with Crippen LogP contribution in [0.3, 0.4) is 0 Å². The number of carbonyl (C=O) groups is 2. The van der Waals surface area contributed by atoms with E-state index in [4.69, 9.17) is 4.74 Å². The summed E-state index contributed by atoms with van der Waals surface area (Å²) in [6, 6.07) is 19.1. The average molecular weight is 374 g/mol. The van der Waals surface area contributed by atoms with E-state index in [9.17, 15) is 9.59 Å². The molecule has 0 spiro atoms. The Morgan fingerprint density at radius 2 is 1.68 bits per heavy atom. The molecule has 0 heterocycles. The van der Waals surface area contributed by atoms with Crippen LogP contribution in [0.15, 0.2) is 60.7 Å². The third-order valence-corrected chi connectivity index (χ3v) is 4.97. The largest absolute Gasteiger partial charge is 0.496 e. The zero-order valence-electron chi connectivity index (χ0n) is 15.7. The van der Waals surface area contributed by atoms with Gasteiger partial charge in [0.1, 0.15) is 5.75 Å². The number of carbonyl (C=O) groups excluding carboxylic acids is 2. The Kier molecular flexibility index (Phi) is 4.98. The molecule has 142 valence electrons. The van der Waals surface area contributed by atoms with Crippen molar-refractivity contribution >= 4 is 28.3 Å². The van der Waals surface area contributed by atoms with Gasteiger partial charge in [-0.3, -0.25) is 9.59 Å². The second kappa shape index (κ2) is 7.72. The second-order valence-corrected chi connectivity index (χ2v) is 7.00. The molecule has 0 radical (unpaired) electrons. The van der Waals surface area contributed by atoms with Crippen LogP contribution in [-0.2, 0) is 11.3 Å². The number of hydrogen-bond acceptors (Lipinski definition) is 3. The van der Waals surface area contributed by atoms with Crippen molar-refractivity contribution in [3.8, 4) is 5.75 Å². The number of para-hydroxylation sites is 1. The van der Waals surface area contributed by atoms with Gasteiger partial charge in [-0.2, -0.15) is 0 Å². The maximum atomic E-state index is 12.9. The van der Waals surface area contributed by atoms with Crippen LogP contribution >= 0.6 is 0 Å². The number of benzene rings is 3. The molecule has 4 rings (SSSR count). The van der Waals surface area contributed by atoms with Gasteiger partial charge in [-0.25, -0.2) is 0 Å². The molecule has 1 aliphatic rings. The molecule has 0 bridgehead atoms. The minimum absolute atomic E-state index is 0.0194. The highest BCUT2D eigenvalue weighted by molar-refractivity contribution is 6.08. The lowest BCUT2D eigenvalue weighted by Gasteiger charge is -2.14. The number of nitrogens with one attached hydrogen (secondary N) is 2. The number of ether oxygens (including phenoxy) is 1. The minimum Gasteiger partial charge on any atom is -0.496 e. The maximum absolute atomic E-state index is 12.9. The molecule has 1 aliphatic carbocycles. The van der Waals surface area contributed by atoms with Crippen LogP contribution in [0, 0.1) is 5.92 Å². The Morgan fingerprint density at radius 1 is 1.00 bits per heavy atom. The number of rotatable bonds is 6. The van der Waals surface area contributed by atoms with Crippen molar-refractivity contribution in [1.82, 2.24) is 5.32 Å². The van der Waals surface area contributed by atoms with Crippen LogP contribution in [0.1, 0.15) is 28.8 Å². The van der Waals surface area contributed by atoms with Crippen molar-refractivity contribution in [2.75, 3.05) is 12.4 Å². The molecular weight excluding hydrogens is 352 g/mol. The van der Waals surface area contributed by atoms with Gasteiger partial charge >= 0.3 is 0 Å². The van der Waals surface area contributed by atoms with Gasteiger partial charge < -0.3 is 15.4 Å². The fourth-order valence-electron chi connectivity index (χ4n) is 3.23. The van der Waals surface area contributed by atoms with Crippen molar-refractivity contribution in [2.45, 2.75) is 19.4 Å². The van der Waals surface area contributed by atoms with Gasteiger partial charge in [-0.15, -0.1) is 0 Å². The normalized spacial score (nSPS) is 13.2. The summed E-state index contributed by atoms with van der Waals surface area (Å²) in [5.41, 5.74) is 1.90. The number of fused-ring (bicyclic) bond motifs is 1. The lowest BCUT2D eigenvalue weighted by Crippen LogP contribution is -2.25. The number of methoxy groups -OCH3 is 1. The zero-order chi connectivity index (χ0) is 19.5. The number of hydrogen-bond donors (Lipinski definition) is 2. The summed E-state index contributed by atoms with van der Waals surface area (Å²) >= 11 is 0. The van der Waals surface area contributed by atoms with Gasteiger partial charge in [0, 0.05) is 18.0 Å². The first-order valence-electron chi connectivity index (χ1n) is 9.39. The Hall–Kier alpha value is -3.34. The fourth-order valence-corrected chi connectivity index (χ4v) is 3.23. The molecule has 2 amide bonds. The third-order valence-electron chi connectivity index (χ3n) is 4.97. The standard InChI is InChI=1S/C23H22N2O3/c1-28-21-9-5-4-8-18(21)14-24-23(27)19-12-16-6-2-3-7-17(16)13-20(19)25-22(26)15-10-11-15/h2-9,12-13,15H,10-11,14H2,1H3,(H,24,27)(H,25,26). The van der Waals surface area contributed by atoms with E-state index >= 15 is 0 Å². The molecule has 5 heteroatoms. The van der Waals surface area contributed by atoms with Crippen molar-refractivity contribution < 1.29 is 14.3 Å². The van der Waals surface area contributed by atoms with Crippen molar-refractivity contribution in [1.29, 1.82) is 0 Å². The molecule has 0 unspecified atom stereocenters. The van der Waals surface area contributed by atoms with Crippen LogP contribution in [0.5, 0.6) is 5.75 Å². The first-order valence-corrected chi connectivity index (χ1v) is 9.39. The molecule has 3 aromatic rings. The third kappa shape index (κ3) is 3.83. The summed E-state index contributed by atoms with van der Waals surface area (Å²) in [5, 5.41) is 7.82. The SMILES string of the molecule is COc1ccccc1CNC(=O)c1cc2ccccc2cc1NC(=O)C1CC1. The minimum atomic E-state index is -0.234. The topological polar surface area (TPSA) is 67.4 Å². The molecule has 1 saturated carbocycles. The summed E-state index contributed by atoms with van der Waals surface area (Å²) in [6.07, 6.45) is 1.82. The summed E-state index contributed by atoms with van der Waals surface area (Å²) in [5.74, 6) is 0.538. The van der Waals surface area contributed by atoms with Crippen LogP contribution in [0.4, 0.5) is 5.69 Å². The van der Waals surface area contributed by atoms with E-state index in [1.54, 1.807) is 7.11 Å². The van der Waals surface area contributed by atoms with Crippen molar-refractivity contribution in [3.63, 3.8) is 0 Å². The quantitative estimate of drug-likeness (QED) is 0.682. The molecule has 0 atom stereocenters. The van der Waals surface area contributed by atoms with E-state index in [-0.39, 0.29) is 17.7 Å². The maximum Gasteiger partial charge on any atom is 0.253 e. The lowest BCUT2D eigenvalue weighted by molar-refractivity contribution is -0.117. The second-order valence-electron chi connectivity index (χ2n) is 7.00. The summed E-state index contributed by atoms with van der Waals surface area (Å²) in [7, 11) is 1.61. The molecule has 0 aromatic heterocycles. The first kappa shape index (κ1) is 18.0. The van der Waals surface area contributed by atoms with Crippen molar-refractivity contribution in [2.24, 2.45) is 5.92 Å². The van der Waals surface area contributed by atoms with Crippen molar-refractivity contribution in [3.05, 3.63) is 71.8 Å². The Labute approximate surface area is 163 Å². The van der Waals surface area contributed by atoms with Crippen LogP contribution in [-0.4, -0.2) is 18.9 Å². The van der Waals surface area contributed by atoms with E-state index in [2.05, 4.69) is 10.6 Å². The van der Waals surface area contributed by atoms with Gasteiger partial charge in [0.15, 0.2) is 0 Å². The smallest absolute Gasteiger partial charge is 0.253 e. The monoisotopic (exact) mass is 374 g/mol. The lowest BCUT2D eigenvalue weighted by atomic mass is 10.0. The molecular formula is C23H22N2O3. The molecule has 5 nitrogen and oxygen atoms in total.